The molecule has 1 aromatic carbocycles. The number of rotatable bonds is 4. The highest BCUT2D eigenvalue weighted by molar-refractivity contribution is 6.31. The van der Waals surface area contributed by atoms with Crippen molar-refractivity contribution in [2.75, 3.05) is 5.32 Å². The lowest BCUT2D eigenvalue weighted by Gasteiger charge is -2.05. The quantitative estimate of drug-likeness (QED) is 0.799. The largest absolute Gasteiger partial charge is 0.339 e. The zero-order valence-electron chi connectivity index (χ0n) is 11.8. The van der Waals surface area contributed by atoms with Crippen LogP contribution < -0.4 is 5.32 Å². The van der Waals surface area contributed by atoms with Crippen LogP contribution in [0.15, 0.2) is 34.9 Å². The molecule has 0 bridgehead atoms. The zero-order valence-corrected chi connectivity index (χ0v) is 12.6. The summed E-state index contributed by atoms with van der Waals surface area (Å²) in [5.41, 5.74) is 0.734. The summed E-state index contributed by atoms with van der Waals surface area (Å²) in [5.74, 6) is 1.33. The first-order chi connectivity index (χ1) is 10.6. The minimum absolute atomic E-state index is 0.162. The van der Waals surface area contributed by atoms with Crippen LogP contribution in [-0.2, 0) is 11.2 Å². The topological polar surface area (TPSA) is 80.9 Å². The van der Waals surface area contributed by atoms with Crippen LogP contribution in [0, 0.1) is 6.92 Å². The van der Waals surface area contributed by atoms with Gasteiger partial charge in [0.05, 0.1) is 5.52 Å². The van der Waals surface area contributed by atoms with E-state index in [0.29, 0.717) is 29.0 Å². The molecule has 3 aromatic rings. The lowest BCUT2D eigenvalue weighted by molar-refractivity contribution is -0.116. The van der Waals surface area contributed by atoms with E-state index < -0.39 is 0 Å². The third kappa shape index (κ3) is 3.40. The Morgan fingerprint density at radius 2 is 2.09 bits per heavy atom. The van der Waals surface area contributed by atoms with Gasteiger partial charge in [-0.1, -0.05) is 22.8 Å². The number of amides is 1. The number of hydrogen-bond donors (Lipinski definition) is 1. The summed E-state index contributed by atoms with van der Waals surface area (Å²) in [7, 11) is 0. The van der Waals surface area contributed by atoms with Crippen molar-refractivity contribution >= 4 is 34.2 Å². The first-order valence-corrected chi connectivity index (χ1v) is 7.13. The van der Waals surface area contributed by atoms with Crippen LogP contribution in [0.25, 0.3) is 10.9 Å². The second-order valence-electron chi connectivity index (χ2n) is 4.82. The monoisotopic (exact) mass is 316 g/mol. The number of hydrogen-bond acceptors (Lipinski definition) is 5. The van der Waals surface area contributed by atoms with Crippen molar-refractivity contribution in [3.63, 3.8) is 0 Å². The SMILES string of the molecule is Cc1noc(CCC(=O)Nc2ccc3ccc(Cl)cc3n2)n1. The van der Waals surface area contributed by atoms with E-state index in [1.807, 2.05) is 12.1 Å². The number of benzene rings is 1. The van der Waals surface area contributed by atoms with Crippen LogP contribution in [0.1, 0.15) is 18.1 Å². The molecule has 0 saturated heterocycles. The summed E-state index contributed by atoms with van der Waals surface area (Å²) < 4.78 is 4.96. The summed E-state index contributed by atoms with van der Waals surface area (Å²) in [4.78, 5) is 20.3. The molecule has 0 aliphatic heterocycles. The average Bonchev–Trinajstić information content (AvgIpc) is 2.90. The van der Waals surface area contributed by atoms with Gasteiger partial charge < -0.3 is 9.84 Å². The van der Waals surface area contributed by atoms with E-state index in [1.54, 1.807) is 25.1 Å². The second kappa shape index (κ2) is 6.11. The summed E-state index contributed by atoms with van der Waals surface area (Å²) in [6.07, 6.45) is 0.642. The molecule has 0 radical (unpaired) electrons. The van der Waals surface area contributed by atoms with Gasteiger partial charge >= 0.3 is 0 Å². The molecule has 0 aliphatic rings. The van der Waals surface area contributed by atoms with Crippen LogP contribution in [-0.4, -0.2) is 21.0 Å². The lowest BCUT2D eigenvalue weighted by atomic mass is 10.2. The van der Waals surface area contributed by atoms with Gasteiger partial charge in [0, 0.05) is 23.3 Å². The van der Waals surface area contributed by atoms with Gasteiger partial charge in [0.15, 0.2) is 5.82 Å². The Morgan fingerprint density at radius 1 is 1.27 bits per heavy atom. The summed E-state index contributed by atoms with van der Waals surface area (Å²) in [5, 5.41) is 7.99. The zero-order chi connectivity index (χ0) is 15.5. The molecular weight excluding hydrogens is 304 g/mol. The molecule has 0 saturated carbocycles. The molecule has 2 aromatic heterocycles. The van der Waals surface area contributed by atoms with Gasteiger partial charge in [-0.15, -0.1) is 0 Å². The van der Waals surface area contributed by atoms with Crippen LogP contribution in [0.4, 0.5) is 5.82 Å². The van der Waals surface area contributed by atoms with E-state index in [0.717, 1.165) is 10.9 Å². The number of aryl methyl sites for hydroxylation is 2. The number of pyridine rings is 1. The fourth-order valence-electron chi connectivity index (χ4n) is 2.03. The van der Waals surface area contributed by atoms with Crippen molar-refractivity contribution in [2.24, 2.45) is 0 Å². The third-order valence-corrected chi connectivity index (χ3v) is 3.29. The number of halogens is 1. The minimum atomic E-state index is -0.162. The number of carbonyl (C=O) groups is 1. The van der Waals surface area contributed by atoms with Gasteiger partial charge in [-0.2, -0.15) is 4.98 Å². The summed E-state index contributed by atoms with van der Waals surface area (Å²) in [6, 6.07) is 9.08. The Morgan fingerprint density at radius 3 is 2.86 bits per heavy atom. The number of nitrogens with zero attached hydrogens (tertiary/aromatic N) is 3. The van der Waals surface area contributed by atoms with Gasteiger partial charge in [0.1, 0.15) is 5.82 Å². The van der Waals surface area contributed by atoms with E-state index in [9.17, 15) is 4.79 Å². The molecule has 22 heavy (non-hydrogen) atoms. The highest BCUT2D eigenvalue weighted by Crippen LogP contribution is 2.19. The smallest absolute Gasteiger partial charge is 0.227 e. The molecule has 0 spiro atoms. The Labute approximate surface area is 131 Å². The standard InChI is InChI=1S/C15H13ClN4O2/c1-9-17-15(22-20-9)7-6-14(21)19-13-5-3-10-2-4-11(16)8-12(10)18-13/h2-5,8H,6-7H2,1H3,(H,18,19,21). The maximum atomic E-state index is 11.9. The Bertz CT molecular complexity index is 831. The highest BCUT2D eigenvalue weighted by Gasteiger charge is 2.08. The molecule has 112 valence electrons. The number of carbonyl (C=O) groups excluding carboxylic acids is 1. The molecular formula is C15H13ClN4O2. The summed E-state index contributed by atoms with van der Waals surface area (Å²) >= 11 is 5.95. The third-order valence-electron chi connectivity index (χ3n) is 3.06. The highest BCUT2D eigenvalue weighted by atomic mass is 35.5. The van der Waals surface area contributed by atoms with E-state index in [-0.39, 0.29) is 12.3 Å². The van der Waals surface area contributed by atoms with E-state index in [4.69, 9.17) is 16.1 Å². The van der Waals surface area contributed by atoms with Gasteiger partial charge in [-0.3, -0.25) is 4.79 Å². The van der Waals surface area contributed by atoms with Crippen molar-refractivity contribution in [1.29, 1.82) is 0 Å². The molecule has 2 heterocycles. The van der Waals surface area contributed by atoms with Gasteiger partial charge in [0.25, 0.3) is 0 Å². The van der Waals surface area contributed by atoms with Crippen molar-refractivity contribution < 1.29 is 9.32 Å². The maximum absolute atomic E-state index is 11.9. The Kier molecular flexibility index (Phi) is 4.02. The molecule has 3 rings (SSSR count). The molecule has 0 aliphatic carbocycles. The number of nitrogens with one attached hydrogen (secondary N) is 1. The number of anilines is 1. The van der Waals surface area contributed by atoms with E-state index >= 15 is 0 Å². The van der Waals surface area contributed by atoms with Gasteiger partial charge in [-0.25, -0.2) is 4.98 Å². The number of aromatic nitrogens is 3. The first kappa shape index (κ1) is 14.5. The Hall–Kier alpha value is -2.47. The van der Waals surface area contributed by atoms with E-state index in [1.165, 1.54) is 0 Å². The molecule has 0 unspecified atom stereocenters. The van der Waals surface area contributed by atoms with Crippen LogP contribution in [0.2, 0.25) is 5.02 Å². The first-order valence-electron chi connectivity index (χ1n) is 6.75. The van der Waals surface area contributed by atoms with Crippen LogP contribution >= 0.6 is 11.6 Å². The average molecular weight is 317 g/mol. The fraction of sp³-hybridized carbons (Fsp3) is 0.200. The van der Waals surface area contributed by atoms with Crippen molar-refractivity contribution in [3.8, 4) is 0 Å². The predicted molar refractivity (Wildman–Crippen MR) is 82.7 cm³/mol. The fourth-order valence-corrected chi connectivity index (χ4v) is 2.19. The molecule has 0 fully saturated rings. The molecule has 0 atom stereocenters. The van der Waals surface area contributed by atoms with Crippen molar-refractivity contribution in [2.45, 2.75) is 19.8 Å². The van der Waals surface area contributed by atoms with Crippen LogP contribution in [0.5, 0.6) is 0 Å². The number of fused-ring (bicyclic) bond motifs is 1. The normalized spacial score (nSPS) is 10.8. The van der Waals surface area contributed by atoms with Gasteiger partial charge in [-0.05, 0) is 31.2 Å². The second-order valence-corrected chi connectivity index (χ2v) is 5.25. The molecule has 1 amide bonds. The van der Waals surface area contributed by atoms with Crippen molar-refractivity contribution in [3.05, 3.63) is 47.1 Å². The minimum Gasteiger partial charge on any atom is -0.339 e. The maximum Gasteiger partial charge on any atom is 0.227 e. The Balaban J connectivity index is 1.65. The van der Waals surface area contributed by atoms with Crippen molar-refractivity contribution in [1.82, 2.24) is 15.1 Å². The molecule has 1 N–H and O–H groups in total. The van der Waals surface area contributed by atoms with Crippen LogP contribution in [0.3, 0.4) is 0 Å². The predicted octanol–water partition coefficient (Wildman–Crippen LogP) is 3.15. The molecule has 6 nitrogen and oxygen atoms in total. The molecule has 7 heteroatoms. The summed E-state index contributed by atoms with van der Waals surface area (Å²) in [6.45, 7) is 1.73. The lowest BCUT2D eigenvalue weighted by Crippen LogP contribution is -2.13. The van der Waals surface area contributed by atoms with Gasteiger partial charge in [0.2, 0.25) is 11.8 Å². The van der Waals surface area contributed by atoms with E-state index in [2.05, 4.69) is 20.4 Å².